The van der Waals surface area contributed by atoms with Gasteiger partial charge in [-0.25, -0.2) is 0 Å². The molecule has 0 aromatic carbocycles. The number of hydrogen-bond acceptors (Lipinski definition) is 1. The standard InChI is InChI=1S/C15H29N/c1-4-6-14-11-16-10-9-15(14)8-5-7-12(2)13(15)3/h12-14,16H,4-11H2,1-3H3. The zero-order valence-electron chi connectivity index (χ0n) is 11.4. The van der Waals surface area contributed by atoms with E-state index in [0.29, 0.717) is 5.41 Å². The molecule has 1 saturated carbocycles. The highest BCUT2D eigenvalue weighted by atomic mass is 14.9. The average molecular weight is 223 g/mol. The van der Waals surface area contributed by atoms with E-state index in [-0.39, 0.29) is 0 Å². The maximum atomic E-state index is 3.63. The van der Waals surface area contributed by atoms with Crippen LogP contribution < -0.4 is 5.32 Å². The zero-order valence-corrected chi connectivity index (χ0v) is 11.4. The van der Waals surface area contributed by atoms with Crippen LogP contribution in [-0.2, 0) is 0 Å². The van der Waals surface area contributed by atoms with Gasteiger partial charge in [0.15, 0.2) is 0 Å². The Morgan fingerprint density at radius 3 is 2.81 bits per heavy atom. The Balaban J connectivity index is 2.17. The molecule has 2 fully saturated rings. The van der Waals surface area contributed by atoms with Crippen molar-refractivity contribution >= 4 is 0 Å². The number of hydrogen-bond donors (Lipinski definition) is 1. The Hall–Kier alpha value is -0.0400. The van der Waals surface area contributed by atoms with E-state index < -0.39 is 0 Å². The third-order valence-corrected chi connectivity index (χ3v) is 5.67. The number of nitrogens with one attached hydrogen (secondary N) is 1. The molecule has 1 saturated heterocycles. The summed E-state index contributed by atoms with van der Waals surface area (Å²) in [5.74, 6) is 2.84. The smallest absolute Gasteiger partial charge is 0.00151 e. The molecule has 4 unspecified atom stereocenters. The van der Waals surface area contributed by atoms with Gasteiger partial charge in [0.25, 0.3) is 0 Å². The minimum atomic E-state index is 0.693. The molecule has 0 amide bonds. The van der Waals surface area contributed by atoms with E-state index in [2.05, 4.69) is 26.1 Å². The van der Waals surface area contributed by atoms with Gasteiger partial charge < -0.3 is 5.32 Å². The van der Waals surface area contributed by atoms with E-state index in [4.69, 9.17) is 0 Å². The van der Waals surface area contributed by atoms with E-state index in [0.717, 1.165) is 17.8 Å². The van der Waals surface area contributed by atoms with E-state index in [9.17, 15) is 0 Å². The molecule has 4 atom stereocenters. The van der Waals surface area contributed by atoms with Gasteiger partial charge in [-0.3, -0.25) is 0 Å². The van der Waals surface area contributed by atoms with Crippen LogP contribution in [0, 0.1) is 23.2 Å². The topological polar surface area (TPSA) is 12.0 Å². The molecule has 94 valence electrons. The van der Waals surface area contributed by atoms with Crippen molar-refractivity contribution in [2.75, 3.05) is 13.1 Å². The Bertz CT molecular complexity index is 219. The van der Waals surface area contributed by atoms with Crippen molar-refractivity contribution in [3.63, 3.8) is 0 Å². The lowest BCUT2D eigenvalue weighted by Crippen LogP contribution is -2.51. The number of rotatable bonds is 2. The Labute approximate surface area is 101 Å². The lowest BCUT2D eigenvalue weighted by Gasteiger charge is -2.53. The molecule has 1 N–H and O–H groups in total. The summed E-state index contributed by atoms with van der Waals surface area (Å²) in [5.41, 5.74) is 0.693. The molecular formula is C15H29N. The van der Waals surface area contributed by atoms with Crippen LogP contribution in [0.15, 0.2) is 0 Å². The SMILES string of the molecule is CCCC1CNCCC12CCCC(C)C2C. The summed E-state index contributed by atoms with van der Waals surface area (Å²) < 4.78 is 0. The molecule has 1 spiro atoms. The highest BCUT2D eigenvalue weighted by Gasteiger charge is 2.47. The van der Waals surface area contributed by atoms with Gasteiger partial charge in [0.05, 0.1) is 0 Å². The lowest BCUT2D eigenvalue weighted by atomic mass is 9.54. The minimum absolute atomic E-state index is 0.693. The molecule has 2 aliphatic rings. The first kappa shape index (κ1) is 12.4. The fourth-order valence-corrected chi connectivity index (χ4v) is 4.47. The first-order chi connectivity index (χ1) is 7.70. The fraction of sp³-hybridized carbons (Fsp3) is 1.00. The summed E-state index contributed by atoms with van der Waals surface area (Å²) in [7, 11) is 0. The highest BCUT2D eigenvalue weighted by molar-refractivity contribution is 4.98. The van der Waals surface area contributed by atoms with Gasteiger partial charge in [-0.2, -0.15) is 0 Å². The maximum absolute atomic E-state index is 3.63. The van der Waals surface area contributed by atoms with Gasteiger partial charge in [0, 0.05) is 0 Å². The van der Waals surface area contributed by atoms with Crippen LogP contribution in [-0.4, -0.2) is 13.1 Å². The van der Waals surface area contributed by atoms with Crippen molar-refractivity contribution in [2.45, 2.75) is 59.3 Å². The summed E-state index contributed by atoms with van der Waals surface area (Å²) in [6, 6.07) is 0. The monoisotopic (exact) mass is 223 g/mol. The van der Waals surface area contributed by atoms with Crippen LogP contribution in [0.5, 0.6) is 0 Å². The molecular weight excluding hydrogens is 194 g/mol. The lowest BCUT2D eigenvalue weighted by molar-refractivity contribution is -0.0262. The predicted molar refractivity (Wildman–Crippen MR) is 70.5 cm³/mol. The molecule has 1 heterocycles. The average Bonchev–Trinajstić information content (AvgIpc) is 2.29. The molecule has 1 heteroatoms. The number of piperidine rings is 1. The predicted octanol–water partition coefficient (Wildman–Crippen LogP) is 3.84. The molecule has 0 aromatic rings. The van der Waals surface area contributed by atoms with Crippen LogP contribution in [0.4, 0.5) is 0 Å². The van der Waals surface area contributed by atoms with Crippen LogP contribution in [0.1, 0.15) is 59.3 Å². The van der Waals surface area contributed by atoms with Crippen molar-refractivity contribution < 1.29 is 0 Å². The van der Waals surface area contributed by atoms with E-state index >= 15 is 0 Å². The van der Waals surface area contributed by atoms with E-state index in [1.807, 2.05) is 0 Å². The first-order valence-corrected chi connectivity index (χ1v) is 7.41. The van der Waals surface area contributed by atoms with Crippen molar-refractivity contribution in [1.82, 2.24) is 5.32 Å². The highest BCUT2D eigenvalue weighted by Crippen LogP contribution is 2.53. The molecule has 1 nitrogen and oxygen atoms in total. The Kier molecular flexibility index (Phi) is 3.94. The quantitative estimate of drug-likeness (QED) is 0.750. The summed E-state index contributed by atoms with van der Waals surface area (Å²) in [4.78, 5) is 0. The van der Waals surface area contributed by atoms with Crippen molar-refractivity contribution in [3.05, 3.63) is 0 Å². The maximum Gasteiger partial charge on any atom is -0.00151 e. The second-order valence-corrected chi connectivity index (χ2v) is 6.33. The summed E-state index contributed by atoms with van der Waals surface area (Å²) in [6.45, 7) is 9.91. The normalized spacial score (nSPS) is 44.8. The summed E-state index contributed by atoms with van der Waals surface area (Å²) >= 11 is 0. The van der Waals surface area contributed by atoms with Crippen LogP contribution in [0.3, 0.4) is 0 Å². The third-order valence-electron chi connectivity index (χ3n) is 5.67. The molecule has 0 aromatic heterocycles. The molecule has 0 bridgehead atoms. The Morgan fingerprint density at radius 1 is 1.25 bits per heavy atom. The van der Waals surface area contributed by atoms with Gasteiger partial charge in [-0.15, -0.1) is 0 Å². The second-order valence-electron chi connectivity index (χ2n) is 6.33. The molecule has 0 radical (unpaired) electrons. The molecule has 1 aliphatic carbocycles. The summed E-state index contributed by atoms with van der Waals surface area (Å²) in [5, 5.41) is 3.63. The van der Waals surface area contributed by atoms with Crippen molar-refractivity contribution in [1.29, 1.82) is 0 Å². The summed E-state index contributed by atoms with van der Waals surface area (Å²) in [6.07, 6.45) is 8.67. The second kappa shape index (κ2) is 5.08. The molecule has 16 heavy (non-hydrogen) atoms. The molecule has 2 rings (SSSR count). The van der Waals surface area contributed by atoms with Crippen molar-refractivity contribution in [2.24, 2.45) is 23.2 Å². The largest absolute Gasteiger partial charge is 0.316 e. The minimum Gasteiger partial charge on any atom is -0.316 e. The van der Waals surface area contributed by atoms with Gasteiger partial charge in [0.1, 0.15) is 0 Å². The fourth-order valence-electron chi connectivity index (χ4n) is 4.47. The third kappa shape index (κ3) is 2.03. The van der Waals surface area contributed by atoms with E-state index in [1.54, 1.807) is 0 Å². The van der Waals surface area contributed by atoms with Gasteiger partial charge in [-0.1, -0.05) is 40.0 Å². The van der Waals surface area contributed by atoms with Crippen molar-refractivity contribution in [3.8, 4) is 0 Å². The van der Waals surface area contributed by atoms with E-state index in [1.165, 1.54) is 51.6 Å². The van der Waals surface area contributed by atoms with Gasteiger partial charge in [0.2, 0.25) is 0 Å². The van der Waals surface area contributed by atoms with Crippen LogP contribution >= 0.6 is 0 Å². The zero-order chi connectivity index (χ0) is 11.6. The van der Waals surface area contributed by atoms with Gasteiger partial charge >= 0.3 is 0 Å². The van der Waals surface area contributed by atoms with Gasteiger partial charge in [-0.05, 0) is 55.5 Å². The Morgan fingerprint density at radius 2 is 2.06 bits per heavy atom. The van der Waals surface area contributed by atoms with Crippen LogP contribution in [0.25, 0.3) is 0 Å². The molecule has 1 aliphatic heterocycles. The first-order valence-electron chi connectivity index (χ1n) is 7.41. The van der Waals surface area contributed by atoms with Crippen LogP contribution in [0.2, 0.25) is 0 Å².